The van der Waals surface area contributed by atoms with Crippen molar-refractivity contribution in [1.82, 2.24) is 24.7 Å². The van der Waals surface area contributed by atoms with Gasteiger partial charge < -0.3 is 16.0 Å². The Balaban J connectivity index is 2.30. The molecular weight excluding hydrogens is 322 g/mol. The molecule has 0 radical (unpaired) electrons. The van der Waals surface area contributed by atoms with Gasteiger partial charge >= 0.3 is 0 Å². The summed E-state index contributed by atoms with van der Waals surface area (Å²) in [5.74, 6) is -0.841. The Bertz CT molecular complexity index is 990. The van der Waals surface area contributed by atoms with E-state index in [0.717, 1.165) is 0 Å². The molecule has 0 bridgehead atoms. The van der Waals surface area contributed by atoms with Crippen molar-refractivity contribution in [2.45, 2.75) is 19.9 Å². The fraction of sp³-hybridized carbons (Fsp3) is 0.188. The van der Waals surface area contributed by atoms with E-state index >= 15 is 0 Å². The Morgan fingerprint density at radius 3 is 2.52 bits per heavy atom. The van der Waals surface area contributed by atoms with E-state index in [4.69, 9.17) is 11.5 Å². The number of aromatic nitrogens is 5. The third-order valence-corrected chi connectivity index (χ3v) is 3.70. The molecule has 0 unspecified atom stereocenters. The van der Waals surface area contributed by atoms with Gasteiger partial charge in [0, 0.05) is 35.6 Å². The van der Waals surface area contributed by atoms with Gasteiger partial charge in [-0.05, 0) is 19.9 Å². The molecule has 25 heavy (non-hydrogen) atoms. The lowest BCUT2D eigenvalue weighted by Crippen LogP contribution is -2.21. The second-order valence-corrected chi connectivity index (χ2v) is 5.76. The molecule has 0 fully saturated rings. The lowest BCUT2D eigenvalue weighted by Gasteiger charge is -2.14. The molecule has 0 saturated carbocycles. The van der Waals surface area contributed by atoms with Crippen LogP contribution in [0.5, 0.6) is 0 Å². The number of pyridine rings is 1. The van der Waals surface area contributed by atoms with Gasteiger partial charge in [0.1, 0.15) is 5.69 Å². The zero-order chi connectivity index (χ0) is 18.1. The zero-order valence-electron chi connectivity index (χ0n) is 13.7. The van der Waals surface area contributed by atoms with Crippen molar-refractivity contribution < 1.29 is 4.79 Å². The number of carbonyl (C=O) groups is 1. The zero-order valence-corrected chi connectivity index (χ0v) is 13.7. The number of nitrogens with two attached hydrogens (primary N) is 2. The van der Waals surface area contributed by atoms with Gasteiger partial charge in [-0.15, -0.1) is 0 Å². The van der Waals surface area contributed by atoms with Crippen LogP contribution in [0.1, 0.15) is 30.4 Å². The molecule has 3 rings (SSSR count). The molecule has 0 spiro atoms. The quantitative estimate of drug-likeness (QED) is 0.645. The molecule has 1 amide bonds. The van der Waals surface area contributed by atoms with Crippen molar-refractivity contribution in [2.75, 3.05) is 5.73 Å². The maximum absolute atomic E-state index is 12.0. The summed E-state index contributed by atoms with van der Waals surface area (Å²) in [4.78, 5) is 32.2. The number of nitrogen functional groups attached to an aromatic ring is 1. The summed E-state index contributed by atoms with van der Waals surface area (Å²) in [6.07, 6.45) is 4.87. The van der Waals surface area contributed by atoms with Crippen molar-refractivity contribution in [3.8, 4) is 22.5 Å². The van der Waals surface area contributed by atoms with Gasteiger partial charge in [0.2, 0.25) is 0 Å². The van der Waals surface area contributed by atoms with Gasteiger partial charge in [-0.1, -0.05) is 0 Å². The van der Waals surface area contributed by atoms with Crippen molar-refractivity contribution in [1.29, 1.82) is 0 Å². The number of aromatic amines is 1. The second-order valence-electron chi connectivity index (χ2n) is 5.76. The van der Waals surface area contributed by atoms with Gasteiger partial charge in [0.25, 0.3) is 11.5 Å². The highest BCUT2D eigenvalue weighted by Gasteiger charge is 2.19. The third-order valence-electron chi connectivity index (χ3n) is 3.70. The topological polar surface area (TPSA) is 146 Å². The molecule has 5 N–H and O–H groups in total. The van der Waals surface area contributed by atoms with E-state index in [1.807, 2.05) is 13.8 Å². The summed E-state index contributed by atoms with van der Waals surface area (Å²) in [7, 11) is 0. The van der Waals surface area contributed by atoms with Crippen LogP contribution in [0.25, 0.3) is 22.5 Å². The van der Waals surface area contributed by atoms with Crippen LogP contribution in [0.2, 0.25) is 0 Å². The summed E-state index contributed by atoms with van der Waals surface area (Å²) in [6.45, 7) is 3.79. The van der Waals surface area contributed by atoms with E-state index in [-0.39, 0.29) is 23.1 Å². The van der Waals surface area contributed by atoms with Crippen molar-refractivity contribution >= 4 is 11.7 Å². The van der Waals surface area contributed by atoms with Crippen LogP contribution in [0.4, 0.5) is 5.82 Å². The number of primary amides is 1. The SMILES string of the molecule is CC(C)n1cc(-c2nc(C(N)=O)c(N)nc2-c2cn[nH]c2)ccc1=O. The minimum absolute atomic E-state index is 0.0397. The summed E-state index contributed by atoms with van der Waals surface area (Å²) in [5.41, 5.74) is 13.0. The number of nitrogens with zero attached hydrogens (tertiary/aromatic N) is 4. The van der Waals surface area contributed by atoms with E-state index in [2.05, 4.69) is 20.2 Å². The maximum Gasteiger partial charge on any atom is 0.271 e. The minimum Gasteiger partial charge on any atom is -0.382 e. The number of carbonyl (C=O) groups excluding carboxylic acids is 1. The fourth-order valence-electron chi connectivity index (χ4n) is 2.46. The molecule has 0 aromatic carbocycles. The summed E-state index contributed by atoms with van der Waals surface area (Å²) in [6, 6.07) is 3.02. The fourth-order valence-corrected chi connectivity index (χ4v) is 2.46. The highest BCUT2D eigenvalue weighted by atomic mass is 16.1. The van der Waals surface area contributed by atoms with E-state index in [0.29, 0.717) is 22.5 Å². The summed E-state index contributed by atoms with van der Waals surface area (Å²) >= 11 is 0. The van der Waals surface area contributed by atoms with Crippen molar-refractivity contribution in [3.63, 3.8) is 0 Å². The van der Waals surface area contributed by atoms with Crippen molar-refractivity contribution in [3.05, 3.63) is 46.8 Å². The largest absolute Gasteiger partial charge is 0.382 e. The smallest absolute Gasteiger partial charge is 0.271 e. The van der Waals surface area contributed by atoms with Gasteiger partial charge in [-0.3, -0.25) is 14.7 Å². The lowest BCUT2D eigenvalue weighted by molar-refractivity contribution is 0.0996. The first-order valence-electron chi connectivity index (χ1n) is 7.57. The van der Waals surface area contributed by atoms with Gasteiger partial charge in [0.15, 0.2) is 11.5 Å². The number of nitrogens with one attached hydrogen (secondary N) is 1. The first-order valence-corrected chi connectivity index (χ1v) is 7.57. The first kappa shape index (κ1) is 16.4. The Morgan fingerprint density at radius 2 is 1.92 bits per heavy atom. The minimum atomic E-state index is -0.776. The van der Waals surface area contributed by atoms with Crippen LogP contribution in [0.3, 0.4) is 0 Å². The number of H-pyrrole nitrogens is 1. The van der Waals surface area contributed by atoms with Crippen LogP contribution >= 0.6 is 0 Å². The number of amides is 1. The van der Waals surface area contributed by atoms with E-state index in [1.54, 1.807) is 29.2 Å². The lowest BCUT2D eigenvalue weighted by atomic mass is 10.1. The Morgan fingerprint density at radius 1 is 1.20 bits per heavy atom. The standard InChI is InChI=1S/C16H17N7O2/c1-8(2)23-7-9(3-4-11(23)24)12-13(10-5-19-20-6-10)22-15(17)14(21-12)16(18)25/h3-8H,1-2H3,(H2,17,22)(H2,18,25)(H,19,20). The maximum atomic E-state index is 12.0. The Kier molecular flexibility index (Phi) is 4.05. The molecule has 128 valence electrons. The van der Waals surface area contributed by atoms with Crippen LogP contribution in [0.15, 0.2) is 35.5 Å². The molecule has 9 heteroatoms. The molecule has 3 aromatic rings. The molecule has 9 nitrogen and oxygen atoms in total. The summed E-state index contributed by atoms with van der Waals surface area (Å²) < 4.78 is 1.57. The Labute approximate surface area is 142 Å². The van der Waals surface area contributed by atoms with Crippen LogP contribution in [-0.2, 0) is 0 Å². The van der Waals surface area contributed by atoms with E-state index in [1.165, 1.54) is 6.07 Å². The monoisotopic (exact) mass is 339 g/mol. The second kappa shape index (κ2) is 6.19. The van der Waals surface area contributed by atoms with E-state index in [9.17, 15) is 9.59 Å². The van der Waals surface area contributed by atoms with E-state index < -0.39 is 5.91 Å². The van der Waals surface area contributed by atoms with Gasteiger partial charge in [-0.2, -0.15) is 5.10 Å². The highest BCUT2D eigenvalue weighted by molar-refractivity contribution is 5.96. The Hall–Kier alpha value is -3.49. The molecule has 0 saturated heterocycles. The summed E-state index contributed by atoms with van der Waals surface area (Å²) in [5, 5.41) is 6.60. The van der Waals surface area contributed by atoms with Crippen LogP contribution < -0.4 is 17.0 Å². The molecule has 0 aliphatic rings. The molecule has 0 aliphatic carbocycles. The average Bonchev–Trinajstić information content (AvgIpc) is 3.09. The third kappa shape index (κ3) is 2.99. The predicted octanol–water partition coefficient (Wildman–Crippen LogP) is 0.957. The van der Waals surface area contributed by atoms with Gasteiger partial charge in [-0.25, -0.2) is 9.97 Å². The molecule has 0 aliphatic heterocycles. The average molecular weight is 339 g/mol. The van der Waals surface area contributed by atoms with Crippen molar-refractivity contribution in [2.24, 2.45) is 5.73 Å². The molecule has 3 heterocycles. The highest BCUT2D eigenvalue weighted by Crippen LogP contribution is 2.30. The van der Waals surface area contributed by atoms with Gasteiger partial charge in [0.05, 0.1) is 11.9 Å². The number of hydrogen-bond acceptors (Lipinski definition) is 6. The number of rotatable bonds is 4. The van der Waals surface area contributed by atoms with Crippen LogP contribution in [-0.4, -0.2) is 30.6 Å². The van der Waals surface area contributed by atoms with Crippen LogP contribution in [0, 0.1) is 0 Å². The normalized spacial score (nSPS) is 11.0. The number of hydrogen-bond donors (Lipinski definition) is 3. The molecule has 3 aromatic heterocycles. The predicted molar refractivity (Wildman–Crippen MR) is 92.6 cm³/mol. The first-order chi connectivity index (χ1) is 11.9. The number of anilines is 1. The molecular formula is C16H17N7O2. The molecule has 0 atom stereocenters.